The molecule has 27 heavy (non-hydrogen) atoms. The van der Waals surface area contributed by atoms with Gasteiger partial charge in [0.2, 0.25) is 0 Å². The summed E-state index contributed by atoms with van der Waals surface area (Å²) in [5, 5.41) is 0. The van der Waals surface area contributed by atoms with Gasteiger partial charge in [0.05, 0.1) is 15.8 Å². The van der Waals surface area contributed by atoms with Gasteiger partial charge in [0.1, 0.15) is 0 Å². The summed E-state index contributed by atoms with van der Waals surface area (Å²) < 4.78 is 7.42. The first-order valence-electron chi connectivity index (χ1n) is 8.43. The number of hydrogen-bond donors (Lipinski definition) is 0. The molecule has 3 aromatic rings. The van der Waals surface area contributed by atoms with Crippen LogP contribution >= 0.6 is 23.1 Å². The molecular formula is C20H20N2O3S2. The zero-order valence-corrected chi connectivity index (χ0v) is 17.0. The highest BCUT2D eigenvalue weighted by Crippen LogP contribution is 2.31. The zero-order valence-electron chi connectivity index (χ0n) is 15.3. The second-order valence-corrected chi connectivity index (χ2v) is 8.47. The lowest BCUT2D eigenvalue weighted by Crippen LogP contribution is -2.34. The molecule has 0 N–H and O–H groups in total. The second-order valence-electron chi connectivity index (χ2n) is 6.21. The fourth-order valence-electron chi connectivity index (χ4n) is 2.44. The van der Waals surface area contributed by atoms with E-state index in [2.05, 4.69) is 11.1 Å². The van der Waals surface area contributed by atoms with Crippen LogP contribution in [0.4, 0.5) is 0 Å². The van der Waals surface area contributed by atoms with E-state index in [-0.39, 0.29) is 5.91 Å². The molecule has 5 nitrogen and oxygen atoms in total. The molecule has 7 heteroatoms. The summed E-state index contributed by atoms with van der Waals surface area (Å²) in [4.78, 5) is 30.0. The van der Waals surface area contributed by atoms with E-state index < -0.39 is 12.1 Å². The van der Waals surface area contributed by atoms with Crippen molar-refractivity contribution < 1.29 is 14.3 Å². The number of esters is 1. The smallest absolute Gasteiger partial charge is 0.338 e. The third-order valence-corrected chi connectivity index (χ3v) is 6.15. The maximum absolute atomic E-state index is 12.2. The SMILES string of the molecule is C[C@@H](OC(=O)c1ccc(CSc2nc3ccccc3s2)cc1)C(=O)N(C)C. The Labute approximate surface area is 166 Å². The number of benzene rings is 2. The lowest BCUT2D eigenvalue weighted by molar-refractivity contribution is -0.137. The van der Waals surface area contributed by atoms with E-state index >= 15 is 0 Å². The number of hydrogen-bond acceptors (Lipinski definition) is 6. The van der Waals surface area contributed by atoms with Crippen molar-refractivity contribution in [2.24, 2.45) is 0 Å². The maximum atomic E-state index is 12.2. The lowest BCUT2D eigenvalue weighted by atomic mass is 10.1. The van der Waals surface area contributed by atoms with Crippen LogP contribution in [0.2, 0.25) is 0 Å². The number of para-hydroxylation sites is 1. The topological polar surface area (TPSA) is 59.5 Å². The Hall–Kier alpha value is -2.38. The number of nitrogens with zero attached hydrogens (tertiary/aromatic N) is 2. The van der Waals surface area contributed by atoms with Gasteiger partial charge in [0.25, 0.3) is 5.91 Å². The number of amides is 1. The Balaban J connectivity index is 1.58. The van der Waals surface area contributed by atoms with Crippen molar-refractivity contribution in [3.8, 4) is 0 Å². The van der Waals surface area contributed by atoms with Gasteiger partial charge in [-0.3, -0.25) is 4.79 Å². The maximum Gasteiger partial charge on any atom is 0.338 e. The van der Waals surface area contributed by atoms with Gasteiger partial charge in [-0.2, -0.15) is 0 Å². The summed E-state index contributed by atoms with van der Waals surface area (Å²) in [7, 11) is 3.26. The quantitative estimate of drug-likeness (QED) is 0.458. The number of fused-ring (bicyclic) bond motifs is 1. The van der Waals surface area contributed by atoms with E-state index in [0.29, 0.717) is 5.56 Å². The molecule has 0 radical (unpaired) electrons. The van der Waals surface area contributed by atoms with Crippen LogP contribution in [-0.4, -0.2) is 42.0 Å². The van der Waals surface area contributed by atoms with Crippen molar-refractivity contribution in [3.63, 3.8) is 0 Å². The van der Waals surface area contributed by atoms with Crippen LogP contribution < -0.4 is 0 Å². The van der Waals surface area contributed by atoms with E-state index in [0.717, 1.165) is 21.2 Å². The molecule has 1 amide bonds. The number of rotatable bonds is 6. The van der Waals surface area contributed by atoms with Crippen molar-refractivity contribution in [2.75, 3.05) is 14.1 Å². The van der Waals surface area contributed by atoms with Gasteiger partial charge in [-0.15, -0.1) is 11.3 Å². The van der Waals surface area contributed by atoms with Crippen molar-refractivity contribution in [1.29, 1.82) is 0 Å². The van der Waals surface area contributed by atoms with Crippen LogP contribution in [0.5, 0.6) is 0 Å². The van der Waals surface area contributed by atoms with E-state index in [1.165, 1.54) is 9.60 Å². The molecule has 0 aliphatic carbocycles. The number of aromatic nitrogens is 1. The Morgan fingerprint density at radius 2 is 1.85 bits per heavy atom. The lowest BCUT2D eigenvalue weighted by Gasteiger charge is -2.17. The summed E-state index contributed by atoms with van der Waals surface area (Å²) in [6, 6.07) is 15.3. The Morgan fingerprint density at radius 1 is 1.15 bits per heavy atom. The summed E-state index contributed by atoms with van der Waals surface area (Å²) in [6.07, 6.45) is -0.804. The van der Waals surface area contributed by atoms with Gasteiger partial charge >= 0.3 is 5.97 Å². The predicted molar refractivity (Wildman–Crippen MR) is 109 cm³/mol. The van der Waals surface area contributed by atoms with Gasteiger partial charge in [0.15, 0.2) is 10.4 Å². The Bertz CT molecular complexity index is 918. The molecule has 0 saturated heterocycles. The summed E-state index contributed by atoms with van der Waals surface area (Å²) in [5.41, 5.74) is 2.54. The van der Waals surface area contributed by atoms with Crippen LogP contribution in [0.25, 0.3) is 10.2 Å². The molecule has 0 spiro atoms. The third kappa shape index (κ3) is 4.87. The molecule has 2 aromatic carbocycles. The standard InChI is InChI=1S/C20H20N2O3S2/c1-13(18(23)22(2)3)25-19(24)15-10-8-14(9-11-15)12-26-20-21-16-6-4-5-7-17(16)27-20/h4-11,13H,12H2,1-3H3/t13-/m1/s1. The minimum atomic E-state index is -0.804. The van der Waals surface area contributed by atoms with Crippen molar-refractivity contribution in [2.45, 2.75) is 23.1 Å². The highest BCUT2D eigenvalue weighted by atomic mass is 32.2. The van der Waals surface area contributed by atoms with Gasteiger partial charge < -0.3 is 9.64 Å². The predicted octanol–water partition coefficient (Wildman–Crippen LogP) is 4.22. The van der Waals surface area contributed by atoms with Gasteiger partial charge in [-0.25, -0.2) is 9.78 Å². The number of thiazole rings is 1. The summed E-state index contributed by atoms with van der Waals surface area (Å²) in [5.74, 6) is 0.0280. The van der Waals surface area contributed by atoms with Crippen LogP contribution in [0.3, 0.4) is 0 Å². The van der Waals surface area contributed by atoms with Gasteiger partial charge in [-0.05, 0) is 36.8 Å². The molecule has 0 unspecified atom stereocenters. The molecule has 0 saturated carbocycles. The van der Waals surface area contributed by atoms with E-state index in [1.54, 1.807) is 56.3 Å². The average molecular weight is 401 g/mol. The highest BCUT2D eigenvalue weighted by molar-refractivity contribution is 8.00. The van der Waals surface area contributed by atoms with Crippen LogP contribution in [0, 0.1) is 0 Å². The molecule has 0 aliphatic rings. The first-order chi connectivity index (χ1) is 12.9. The first-order valence-corrected chi connectivity index (χ1v) is 10.2. The minimum absolute atomic E-state index is 0.243. The molecule has 0 aliphatic heterocycles. The molecule has 1 aromatic heterocycles. The van der Waals surface area contributed by atoms with E-state index in [4.69, 9.17) is 4.74 Å². The molecule has 3 rings (SSSR count). The van der Waals surface area contributed by atoms with Gasteiger partial charge in [-0.1, -0.05) is 36.0 Å². The summed E-state index contributed by atoms with van der Waals surface area (Å²) in [6.45, 7) is 1.57. The largest absolute Gasteiger partial charge is 0.449 e. The van der Waals surface area contributed by atoms with E-state index in [1.807, 2.05) is 30.3 Å². The number of thioether (sulfide) groups is 1. The molecule has 140 valence electrons. The first kappa shape index (κ1) is 19.4. The summed E-state index contributed by atoms with van der Waals surface area (Å²) >= 11 is 3.35. The van der Waals surface area contributed by atoms with Crippen LogP contribution in [-0.2, 0) is 15.3 Å². The third-order valence-electron chi connectivity index (χ3n) is 3.90. The number of carbonyl (C=O) groups excluding carboxylic acids is 2. The highest BCUT2D eigenvalue weighted by Gasteiger charge is 2.20. The number of likely N-dealkylation sites (N-methyl/N-ethyl adjacent to an activating group) is 1. The van der Waals surface area contributed by atoms with Crippen LogP contribution in [0.15, 0.2) is 52.9 Å². The van der Waals surface area contributed by atoms with Crippen LogP contribution in [0.1, 0.15) is 22.8 Å². The fourth-order valence-corrected chi connectivity index (χ4v) is 4.46. The molecule has 1 heterocycles. The molecule has 1 atom stereocenters. The normalized spacial score (nSPS) is 12.0. The van der Waals surface area contributed by atoms with Crippen molar-refractivity contribution >= 4 is 45.2 Å². The Kier molecular flexibility index (Phi) is 6.13. The van der Waals surface area contributed by atoms with E-state index in [9.17, 15) is 9.59 Å². The average Bonchev–Trinajstić information content (AvgIpc) is 3.09. The van der Waals surface area contributed by atoms with Gasteiger partial charge in [0, 0.05) is 19.8 Å². The molecule has 0 bridgehead atoms. The molecule has 0 fully saturated rings. The number of carbonyl (C=O) groups is 2. The Morgan fingerprint density at radius 3 is 2.52 bits per heavy atom. The zero-order chi connectivity index (χ0) is 19.4. The molecular weight excluding hydrogens is 380 g/mol. The second kappa shape index (κ2) is 8.54. The van der Waals surface area contributed by atoms with Crippen molar-refractivity contribution in [3.05, 3.63) is 59.7 Å². The monoisotopic (exact) mass is 400 g/mol. The van der Waals surface area contributed by atoms with Crippen molar-refractivity contribution in [1.82, 2.24) is 9.88 Å². The minimum Gasteiger partial charge on any atom is -0.449 e. The fraction of sp³-hybridized carbons (Fsp3) is 0.250. The number of ether oxygens (including phenoxy) is 1.